The number of aliphatic hydroxyl groups is 1. The average Bonchev–Trinajstić information content (AvgIpc) is 2.89. The fraction of sp³-hybridized carbons (Fsp3) is 0.400. The highest BCUT2D eigenvalue weighted by molar-refractivity contribution is 5.34. The van der Waals surface area contributed by atoms with E-state index in [4.69, 9.17) is 10.8 Å². The van der Waals surface area contributed by atoms with E-state index in [-0.39, 0.29) is 18.5 Å². The van der Waals surface area contributed by atoms with Crippen molar-refractivity contribution in [1.82, 2.24) is 24.7 Å². The predicted octanol–water partition coefficient (Wildman–Crippen LogP) is -0.320. The van der Waals surface area contributed by atoms with Crippen LogP contribution in [0.1, 0.15) is 6.92 Å². The van der Waals surface area contributed by atoms with Crippen LogP contribution in [0.5, 0.6) is 0 Å². The Morgan fingerprint density at radius 2 is 2.28 bits per heavy atom. The summed E-state index contributed by atoms with van der Waals surface area (Å²) in [6.45, 7) is 2.56. The first-order valence-electron chi connectivity index (χ1n) is 5.55. The number of nitrogens with zero attached hydrogens (tertiary/aromatic N) is 5. The van der Waals surface area contributed by atoms with Crippen LogP contribution in [0.3, 0.4) is 0 Å². The Morgan fingerprint density at radius 3 is 2.94 bits per heavy atom. The smallest absolute Gasteiger partial charge is 0.257 e. The summed E-state index contributed by atoms with van der Waals surface area (Å²) in [7, 11) is 0. The number of hydrogen-bond donors (Lipinski definition) is 3. The highest BCUT2D eigenvalue weighted by Gasteiger charge is 2.07. The van der Waals surface area contributed by atoms with Gasteiger partial charge in [-0.1, -0.05) is 6.92 Å². The normalized spacial score (nSPS) is 12.3. The van der Waals surface area contributed by atoms with Crippen molar-refractivity contribution < 1.29 is 5.11 Å². The molecular weight excluding hydrogens is 234 g/mol. The molecule has 0 aromatic carbocycles. The van der Waals surface area contributed by atoms with Gasteiger partial charge < -0.3 is 16.2 Å². The molecule has 0 fully saturated rings. The molecule has 2 aromatic heterocycles. The number of rotatable bonds is 5. The first-order valence-corrected chi connectivity index (χ1v) is 5.55. The van der Waals surface area contributed by atoms with Crippen LogP contribution in [-0.2, 0) is 0 Å². The number of nitrogen functional groups attached to an aromatic ring is 1. The van der Waals surface area contributed by atoms with E-state index < -0.39 is 0 Å². The van der Waals surface area contributed by atoms with Crippen molar-refractivity contribution >= 4 is 11.9 Å². The molecule has 0 aliphatic heterocycles. The van der Waals surface area contributed by atoms with Crippen LogP contribution in [-0.4, -0.2) is 43.0 Å². The van der Waals surface area contributed by atoms with Gasteiger partial charge in [0.15, 0.2) is 0 Å². The summed E-state index contributed by atoms with van der Waals surface area (Å²) in [4.78, 5) is 12.1. The van der Waals surface area contributed by atoms with Crippen LogP contribution in [0.25, 0.3) is 5.95 Å². The van der Waals surface area contributed by atoms with Gasteiger partial charge in [-0.25, -0.2) is 4.68 Å². The number of aliphatic hydroxyl groups excluding tert-OH is 1. The average molecular weight is 249 g/mol. The summed E-state index contributed by atoms with van der Waals surface area (Å²) in [5, 5.41) is 16.0. The Hall–Kier alpha value is -2.22. The lowest BCUT2D eigenvalue weighted by atomic mass is 10.2. The van der Waals surface area contributed by atoms with E-state index in [1.807, 2.05) is 6.92 Å². The Labute approximate surface area is 104 Å². The molecule has 8 nitrogen and oxygen atoms in total. The van der Waals surface area contributed by atoms with E-state index in [0.717, 1.165) is 0 Å². The van der Waals surface area contributed by atoms with E-state index in [1.165, 1.54) is 4.68 Å². The lowest BCUT2D eigenvalue weighted by Gasteiger charge is -2.10. The molecule has 2 rings (SSSR count). The first-order chi connectivity index (χ1) is 8.69. The van der Waals surface area contributed by atoms with Gasteiger partial charge in [0, 0.05) is 25.5 Å². The van der Waals surface area contributed by atoms with Gasteiger partial charge in [-0.05, 0) is 12.0 Å². The SMILES string of the molecule is CC(CO)CNc1nc(N)nc(-n2cccn2)n1. The maximum atomic E-state index is 8.94. The third kappa shape index (κ3) is 2.92. The summed E-state index contributed by atoms with van der Waals surface area (Å²) in [5.41, 5.74) is 5.61. The van der Waals surface area contributed by atoms with Gasteiger partial charge in [0.2, 0.25) is 11.9 Å². The van der Waals surface area contributed by atoms with Crippen molar-refractivity contribution in [3.05, 3.63) is 18.5 Å². The van der Waals surface area contributed by atoms with Crippen LogP contribution >= 0.6 is 0 Å². The maximum Gasteiger partial charge on any atom is 0.257 e. The van der Waals surface area contributed by atoms with Crippen molar-refractivity contribution in [2.45, 2.75) is 6.92 Å². The largest absolute Gasteiger partial charge is 0.396 e. The minimum Gasteiger partial charge on any atom is -0.396 e. The van der Waals surface area contributed by atoms with Crippen LogP contribution in [0.2, 0.25) is 0 Å². The molecule has 0 amide bonds. The Bertz CT molecular complexity index is 499. The predicted molar refractivity (Wildman–Crippen MR) is 66.1 cm³/mol. The zero-order valence-electron chi connectivity index (χ0n) is 9.98. The van der Waals surface area contributed by atoms with Gasteiger partial charge in [-0.15, -0.1) is 0 Å². The molecule has 2 aromatic rings. The summed E-state index contributed by atoms with van der Waals surface area (Å²) < 4.78 is 1.50. The fourth-order valence-electron chi connectivity index (χ4n) is 1.28. The monoisotopic (exact) mass is 249 g/mol. The third-order valence-corrected chi connectivity index (χ3v) is 2.27. The van der Waals surface area contributed by atoms with Crippen LogP contribution < -0.4 is 11.1 Å². The molecular formula is C10H15N7O. The number of nitrogens with two attached hydrogens (primary N) is 1. The highest BCUT2D eigenvalue weighted by atomic mass is 16.3. The zero-order valence-corrected chi connectivity index (χ0v) is 9.98. The molecule has 0 saturated carbocycles. The molecule has 18 heavy (non-hydrogen) atoms. The molecule has 0 radical (unpaired) electrons. The van der Waals surface area contributed by atoms with E-state index >= 15 is 0 Å². The topological polar surface area (TPSA) is 115 Å². The minimum atomic E-state index is 0.0968. The molecule has 0 spiro atoms. The second kappa shape index (κ2) is 5.41. The first kappa shape index (κ1) is 12.2. The summed E-state index contributed by atoms with van der Waals surface area (Å²) in [6.07, 6.45) is 3.34. The Balaban J connectivity index is 2.17. The number of anilines is 2. The molecule has 96 valence electrons. The van der Waals surface area contributed by atoms with E-state index in [2.05, 4.69) is 25.4 Å². The van der Waals surface area contributed by atoms with Gasteiger partial charge >= 0.3 is 0 Å². The summed E-state index contributed by atoms with van der Waals surface area (Å²) >= 11 is 0. The molecule has 0 aliphatic carbocycles. The van der Waals surface area contributed by atoms with Crippen LogP contribution in [0.15, 0.2) is 18.5 Å². The van der Waals surface area contributed by atoms with E-state index in [1.54, 1.807) is 18.5 Å². The lowest BCUT2D eigenvalue weighted by Crippen LogP contribution is -2.18. The van der Waals surface area contributed by atoms with Gasteiger partial charge in [0.05, 0.1) is 0 Å². The van der Waals surface area contributed by atoms with Gasteiger partial charge in [0.1, 0.15) is 0 Å². The summed E-state index contributed by atoms with van der Waals surface area (Å²) in [5.74, 6) is 0.950. The van der Waals surface area contributed by atoms with Crippen molar-refractivity contribution in [3.8, 4) is 5.95 Å². The van der Waals surface area contributed by atoms with Gasteiger partial charge in [0.25, 0.3) is 5.95 Å². The summed E-state index contributed by atoms with van der Waals surface area (Å²) in [6, 6.07) is 1.76. The Kier molecular flexibility index (Phi) is 3.68. The lowest BCUT2D eigenvalue weighted by molar-refractivity contribution is 0.244. The molecule has 1 atom stereocenters. The quantitative estimate of drug-likeness (QED) is 0.665. The zero-order chi connectivity index (χ0) is 13.0. The van der Waals surface area contributed by atoms with Crippen molar-refractivity contribution in [2.75, 3.05) is 24.2 Å². The standard InChI is InChI=1S/C10H15N7O/c1-7(6-18)5-12-9-14-8(11)15-10(16-9)17-4-2-3-13-17/h2-4,7,18H,5-6H2,1H3,(H3,11,12,14,15,16). The fourth-order valence-corrected chi connectivity index (χ4v) is 1.28. The molecule has 1 unspecified atom stereocenters. The van der Waals surface area contributed by atoms with Gasteiger partial charge in [-0.2, -0.15) is 20.1 Å². The second-order valence-electron chi connectivity index (χ2n) is 3.94. The molecule has 2 heterocycles. The number of hydrogen-bond acceptors (Lipinski definition) is 7. The second-order valence-corrected chi connectivity index (χ2v) is 3.94. The molecule has 0 bridgehead atoms. The highest BCUT2D eigenvalue weighted by Crippen LogP contribution is 2.06. The molecule has 0 aliphatic rings. The third-order valence-electron chi connectivity index (χ3n) is 2.27. The molecule has 4 N–H and O–H groups in total. The van der Waals surface area contributed by atoms with Gasteiger partial charge in [-0.3, -0.25) is 0 Å². The van der Waals surface area contributed by atoms with Crippen LogP contribution in [0, 0.1) is 5.92 Å². The van der Waals surface area contributed by atoms with Crippen LogP contribution in [0.4, 0.5) is 11.9 Å². The Morgan fingerprint density at radius 1 is 1.44 bits per heavy atom. The van der Waals surface area contributed by atoms with Crippen molar-refractivity contribution in [1.29, 1.82) is 0 Å². The number of nitrogens with one attached hydrogen (secondary N) is 1. The number of aromatic nitrogens is 5. The van der Waals surface area contributed by atoms with Crippen molar-refractivity contribution in [2.24, 2.45) is 5.92 Å². The molecule has 0 saturated heterocycles. The molecule has 8 heteroatoms. The van der Waals surface area contributed by atoms with Crippen molar-refractivity contribution in [3.63, 3.8) is 0 Å². The minimum absolute atomic E-state index is 0.0968. The van der Waals surface area contributed by atoms with E-state index in [9.17, 15) is 0 Å². The van der Waals surface area contributed by atoms with E-state index in [0.29, 0.717) is 18.4 Å². The maximum absolute atomic E-state index is 8.94.